The molecule has 0 radical (unpaired) electrons. The van der Waals surface area contributed by atoms with Gasteiger partial charge in [0.1, 0.15) is 0 Å². The van der Waals surface area contributed by atoms with Gasteiger partial charge in [0.2, 0.25) is 0 Å². The van der Waals surface area contributed by atoms with Crippen LogP contribution in [0.1, 0.15) is 29.2 Å². The van der Waals surface area contributed by atoms with E-state index in [0.29, 0.717) is 11.3 Å². The highest BCUT2D eigenvalue weighted by atomic mass is 15.1. The van der Waals surface area contributed by atoms with Crippen LogP contribution in [0.3, 0.4) is 0 Å². The molecule has 0 aliphatic carbocycles. The van der Waals surface area contributed by atoms with Crippen molar-refractivity contribution >= 4 is 22.8 Å². The Morgan fingerprint density at radius 3 is 2.76 bits per heavy atom. The third-order valence-corrected chi connectivity index (χ3v) is 4.43. The van der Waals surface area contributed by atoms with Gasteiger partial charge in [0.25, 0.3) is 0 Å². The molecule has 0 amide bonds. The van der Waals surface area contributed by atoms with E-state index in [9.17, 15) is 0 Å². The first-order valence-electron chi connectivity index (χ1n) is 8.08. The minimum atomic E-state index is 0.0643. The number of allylic oxidation sites excluding steroid dienone is 2. The van der Waals surface area contributed by atoms with Gasteiger partial charge in [-0.15, -0.1) is 13.2 Å². The first-order valence-corrected chi connectivity index (χ1v) is 8.08. The van der Waals surface area contributed by atoms with Crippen LogP contribution in [-0.2, 0) is 0 Å². The average Bonchev–Trinajstić information content (AvgIpc) is 3.05. The van der Waals surface area contributed by atoms with Gasteiger partial charge in [-0.05, 0) is 37.1 Å². The summed E-state index contributed by atoms with van der Waals surface area (Å²) in [5.74, 6) is 0.0643. The summed E-state index contributed by atoms with van der Waals surface area (Å²) in [6.07, 6.45) is 7.59. The lowest BCUT2D eigenvalue weighted by Gasteiger charge is -2.18. The van der Waals surface area contributed by atoms with Gasteiger partial charge in [-0.3, -0.25) is 5.10 Å². The van der Waals surface area contributed by atoms with Crippen molar-refractivity contribution in [3.8, 4) is 11.3 Å². The molecule has 1 unspecified atom stereocenters. The fraction of sp³-hybridized carbons (Fsp3) is 0.150. The predicted octanol–water partition coefficient (Wildman–Crippen LogP) is 4.36. The molecule has 0 aliphatic heterocycles. The number of nitrogen functional groups attached to an aromatic ring is 1. The third-order valence-electron chi connectivity index (χ3n) is 4.43. The molecule has 3 aromatic rings. The molecule has 0 saturated heterocycles. The second kappa shape index (κ2) is 6.73. The van der Waals surface area contributed by atoms with Crippen LogP contribution in [-0.4, -0.2) is 21.4 Å². The molecule has 5 nitrogen and oxygen atoms in total. The zero-order valence-corrected chi connectivity index (χ0v) is 14.2. The molecule has 2 heterocycles. The summed E-state index contributed by atoms with van der Waals surface area (Å²) in [6, 6.07) is 5.73. The highest BCUT2D eigenvalue weighted by Crippen LogP contribution is 2.35. The number of nitrogens with two attached hydrogens (primary N) is 1. The van der Waals surface area contributed by atoms with E-state index < -0.39 is 0 Å². The minimum absolute atomic E-state index is 0.0643. The first kappa shape index (κ1) is 16.6. The van der Waals surface area contributed by atoms with E-state index in [1.54, 1.807) is 12.3 Å². The van der Waals surface area contributed by atoms with E-state index in [-0.39, 0.29) is 5.92 Å². The largest absolute Gasteiger partial charge is 0.398 e. The third kappa shape index (κ3) is 2.85. The number of benzene rings is 1. The number of aromatic nitrogens is 3. The first-order chi connectivity index (χ1) is 12.1. The van der Waals surface area contributed by atoms with Crippen molar-refractivity contribution in [3.63, 3.8) is 0 Å². The Morgan fingerprint density at radius 1 is 1.36 bits per heavy atom. The topological polar surface area (TPSA) is 91.4 Å². The molecular weight excluding hydrogens is 310 g/mol. The summed E-state index contributed by atoms with van der Waals surface area (Å²) in [5, 5.41) is 15.7. The van der Waals surface area contributed by atoms with Gasteiger partial charge in [0, 0.05) is 40.0 Å². The molecule has 1 aromatic carbocycles. The van der Waals surface area contributed by atoms with Crippen molar-refractivity contribution in [2.45, 2.75) is 19.3 Å². The number of H-pyrrole nitrogens is 1. The molecule has 0 aliphatic rings. The van der Waals surface area contributed by atoms with E-state index in [2.05, 4.69) is 23.4 Å². The molecule has 1 atom stereocenters. The molecule has 0 bridgehead atoms. The van der Waals surface area contributed by atoms with Crippen molar-refractivity contribution in [1.29, 1.82) is 5.41 Å². The number of rotatable bonds is 6. The number of nitrogens with zero attached hydrogens (tertiary/aromatic N) is 2. The van der Waals surface area contributed by atoms with Crippen molar-refractivity contribution in [2.24, 2.45) is 0 Å². The fourth-order valence-electron chi connectivity index (χ4n) is 3.13. The van der Waals surface area contributed by atoms with Gasteiger partial charge < -0.3 is 11.1 Å². The van der Waals surface area contributed by atoms with Crippen LogP contribution in [0.15, 0.2) is 49.7 Å². The molecular formula is C20H21N5. The van der Waals surface area contributed by atoms with E-state index in [1.165, 1.54) is 6.21 Å². The van der Waals surface area contributed by atoms with Gasteiger partial charge in [-0.2, -0.15) is 5.10 Å². The highest BCUT2D eigenvalue weighted by molar-refractivity contribution is 6.05. The molecule has 0 fully saturated rings. The van der Waals surface area contributed by atoms with Crippen LogP contribution in [0.5, 0.6) is 0 Å². The van der Waals surface area contributed by atoms with Gasteiger partial charge >= 0.3 is 0 Å². The smallest absolute Gasteiger partial charge is 0.0746 e. The quantitative estimate of drug-likeness (QED) is 0.356. The fourth-order valence-corrected chi connectivity index (χ4v) is 3.13. The maximum Gasteiger partial charge on any atom is 0.0746 e. The zero-order chi connectivity index (χ0) is 18.0. The van der Waals surface area contributed by atoms with Crippen LogP contribution in [0.4, 0.5) is 5.69 Å². The number of fused-ring (bicyclic) bond motifs is 1. The molecule has 0 saturated carbocycles. The molecule has 4 N–H and O–H groups in total. The van der Waals surface area contributed by atoms with Crippen LogP contribution in [0, 0.1) is 12.3 Å². The summed E-state index contributed by atoms with van der Waals surface area (Å²) in [7, 11) is 0. The lowest BCUT2D eigenvalue weighted by molar-refractivity contribution is 0.875. The summed E-state index contributed by atoms with van der Waals surface area (Å²) >= 11 is 0. The van der Waals surface area contributed by atoms with E-state index in [0.717, 1.165) is 39.8 Å². The van der Waals surface area contributed by atoms with E-state index in [4.69, 9.17) is 16.1 Å². The van der Waals surface area contributed by atoms with Crippen molar-refractivity contribution < 1.29 is 0 Å². The average molecular weight is 331 g/mol. The summed E-state index contributed by atoms with van der Waals surface area (Å²) < 4.78 is 0. The lowest BCUT2D eigenvalue weighted by Crippen LogP contribution is -2.03. The molecule has 5 heteroatoms. The minimum Gasteiger partial charge on any atom is -0.398 e. The molecule has 25 heavy (non-hydrogen) atoms. The predicted molar refractivity (Wildman–Crippen MR) is 104 cm³/mol. The second-order valence-electron chi connectivity index (χ2n) is 5.98. The lowest BCUT2D eigenvalue weighted by atomic mass is 9.89. The van der Waals surface area contributed by atoms with Crippen molar-refractivity contribution in [2.75, 3.05) is 5.73 Å². The molecule has 126 valence electrons. The van der Waals surface area contributed by atoms with E-state index >= 15 is 0 Å². The summed E-state index contributed by atoms with van der Waals surface area (Å²) in [5.41, 5.74) is 12.0. The maximum absolute atomic E-state index is 7.80. The number of pyridine rings is 1. The Hall–Kier alpha value is -3.21. The highest BCUT2D eigenvalue weighted by Gasteiger charge is 2.18. The Labute approximate surface area is 146 Å². The normalized spacial score (nSPS) is 12.0. The number of nitrogens with one attached hydrogen (secondary N) is 2. The molecule has 2 aromatic heterocycles. The zero-order valence-electron chi connectivity index (χ0n) is 14.2. The number of anilines is 1. The standard InChI is InChI=1S/C20H21N5/c1-4-6-13(5-2)14-9-19(16-11-23-25-12(16)3)24-18-8-7-17(22)15(10-21)20(14)18/h4-5,7-11,13,21H,1-2,6,22H2,3H3,(H,23,25). The van der Waals surface area contributed by atoms with Gasteiger partial charge in [-0.25, -0.2) is 4.98 Å². The number of aromatic amines is 1. The van der Waals surface area contributed by atoms with Crippen molar-refractivity contribution in [1.82, 2.24) is 15.2 Å². The Kier molecular flexibility index (Phi) is 4.48. The second-order valence-corrected chi connectivity index (χ2v) is 5.98. The molecule has 3 rings (SSSR count). The maximum atomic E-state index is 7.80. The number of hydrogen-bond acceptors (Lipinski definition) is 4. The van der Waals surface area contributed by atoms with Gasteiger partial charge in [0.15, 0.2) is 0 Å². The Balaban J connectivity index is 2.40. The van der Waals surface area contributed by atoms with Crippen LogP contribution >= 0.6 is 0 Å². The Morgan fingerprint density at radius 2 is 2.16 bits per heavy atom. The summed E-state index contributed by atoms with van der Waals surface area (Å²) in [6.45, 7) is 9.80. The Bertz CT molecular complexity index is 968. The van der Waals surface area contributed by atoms with Gasteiger partial charge in [-0.1, -0.05) is 12.2 Å². The SMILES string of the molecule is C=CCC(C=C)c1cc(-c2cn[nH]c2C)nc2ccc(N)c(C=N)c12. The number of hydrogen-bond donors (Lipinski definition) is 3. The monoisotopic (exact) mass is 331 g/mol. The van der Waals surface area contributed by atoms with Crippen molar-refractivity contribution in [3.05, 3.63) is 66.5 Å². The summed E-state index contributed by atoms with van der Waals surface area (Å²) in [4.78, 5) is 4.79. The van der Waals surface area contributed by atoms with Crippen LogP contribution in [0.25, 0.3) is 22.2 Å². The van der Waals surface area contributed by atoms with Crippen LogP contribution < -0.4 is 5.73 Å². The van der Waals surface area contributed by atoms with Gasteiger partial charge in [0.05, 0.1) is 17.4 Å². The van der Waals surface area contributed by atoms with E-state index in [1.807, 2.05) is 31.2 Å². The number of aryl methyl sites for hydroxylation is 1. The van der Waals surface area contributed by atoms with Crippen LogP contribution in [0.2, 0.25) is 0 Å². The molecule has 0 spiro atoms.